The van der Waals surface area contributed by atoms with E-state index in [0.29, 0.717) is 0 Å². The van der Waals surface area contributed by atoms with Gasteiger partial charge in [0.15, 0.2) is 0 Å². The topological polar surface area (TPSA) is 26.0 Å². The van der Waals surface area contributed by atoms with Crippen LogP contribution in [0.5, 0.6) is 0 Å². The van der Waals surface area contributed by atoms with Crippen LogP contribution in [0.4, 0.5) is 5.69 Å². The van der Waals surface area contributed by atoms with Crippen molar-refractivity contribution in [3.8, 4) is 0 Å². The number of benzene rings is 1. The largest absolute Gasteiger partial charge is 0.398 e. The highest BCUT2D eigenvalue weighted by Gasteiger charge is 1.99. The fourth-order valence-corrected chi connectivity index (χ4v) is 2.52. The number of rotatable bonds is 5. The number of unbranched alkanes of at least 4 members (excludes halogenated alkanes) is 2. The summed E-state index contributed by atoms with van der Waals surface area (Å²) in [5, 5.41) is 0. The Kier molecular flexibility index (Phi) is 5.41. The molecule has 0 unspecified atom stereocenters. The Morgan fingerprint density at radius 2 is 2.14 bits per heavy atom. The molecule has 0 radical (unpaired) electrons. The van der Waals surface area contributed by atoms with Crippen LogP contribution in [0.15, 0.2) is 27.6 Å². The summed E-state index contributed by atoms with van der Waals surface area (Å²) in [6.45, 7) is 2.22. The summed E-state index contributed by atoms with van der Waals surface area (Å²) in [4.78, 5) is 1.20. The number of hydrogen-bond acceptors (Lipinski definition) is 2. The Morgan fingerprint density at radius 1 is 1.36 bits per heavy atom. The van der Waals surface area contributed by atoms with Crippen LogP contribution in [0.3, 0.4) is 0 Å². The molecule has 0 saturated heterocycles. The highest BCUT2D eigenvalue weighted by atomic mass is 79.9. The van der Waals surface area contributed by atoms with Gasteiger partial charge < -0.3 is 5.73 Å². The molecule has 1 aromatic carbocycles. The van der Waals surface area contributed by atoms with Crippen LogP contribution in [0.2, 0.25) is 0 Å². The summed E-state index contributed by atoms with van der Waals surface area (Å²) in [5.74, 6) is 1.17. The van der Waals surface area contributed by atoms with E-state index in [-0.39, 0.29) is 0 Å². The van der Waals surface area contributed by atoms with E-state index in [4.69, 9.17) is 5.73 Å². The lowest BCUT2D eigenvalue weighted by atomic mass is 10.3. The molecule has 0 spiro atoms. The molecule has 3 heteroatoms. The van der Waals surface area contributed by atoms with Gasteiger partial charge in [-0.1, -0.05) is 35.7 Å². The summed E-state index contributed by atoms with van der Waals surface area (Å²) in [6, 6.07) is 6.08. The van der Waals surface area contributed by atoms with Gasteiger partial charge in [0.2, 0.25) is 0 Å². The number of nitrogens with two attached hydrogens (primary N) is 1. The molecule has 0 aromatic heterocycles. The fraction of sp³-hybridized carbons (Fsp3) is 0.455. The first-order chi connectivity index (χ1) is 6.74. The Labute approximate surface area is 98.6 Å². The average Bonchev–Trinajstić information content (AvgIpc) is 2.15. The maximum Gasteiger partial charge on any atom is 0.0463 e. The number of nitrogen functional groups attached to an aromatic ring is 1. The van der Waals surface area contributed by atoms with Gasteiger partial charge in [-0.05, 0) is 30.4 Å². The lowest BCUT2D eigenvalue weighted by Crippen LogP contribution is -1.89. The minimum atomic E-state index is 0.876. The van der Waals surface area contributed by atoms with Gasteiger partial charge in [0, 0.05) is 15.1 Å². The molecule has 0 fully saturated rings. The molecule has 0 aliphatic rings. The Hall–Kier alpha value is -0.150. The quantitative estimate of drug-likeness (QED) is 0.492. The van der Waals surface area contributed by atoms with Crippen molar-refractivity contribution in [3.63, 3.8) is 0 Å². The first-order valence-electron chi connectivity index (χ1n) is 4.92. The normalized spacial score (nSPS) is 10.4. The molecule has 0 bridgehead atoms. The SMILES string of the molecule is CCCCCSc1ccc(Br)cc1N. The third-order valence-corrected chi connectivity index (χ3v) is 3.65. The predicted molar refractivity (Wildman–Crippen MR) is 68.8 cm³/mol. The standard InChI is InChI=1S/C11H16BrNS/c1-2-3-4-7-14-11-6-5-9(12)8-10(11)13/h5-6,8H,2-4,7,13H2,1H3. The van der Waals surface area contributed by atoms with Crippen LogP contribution >= 0.6 is 27.7 Å². The van der Waals surface area contributed by atoms with Gasteiger partial charge in [-0.25, -0.2) is 0 Å². The van der Waals surface area contributed by atoms with Crippen molar-refractivity contribution < 1.29 is 0 Å². The maximum atomic E-state index is 5.89. The lowest BCUT2D eigenvalue weighted by molar-refractivity contribution is 0.778. The van der Waals surface area contributed by atoms with E-state index in [0.717, 1.165) is 10.2 Å². The number of thioether (sulfide) groups is 1. The third-order valence-electron chi connectivity index (χ3n) is 1.98. The Bertz CT molecular complexity index is 289. The molecule has 1 rings (SSSR count). The van der Waals surface area contributed by atoms with E-state index < -0.39 is 0 Å². The van der Waals surface area contributed by atoms with Crippen molar-refractivity contribution in [2.45, 2.75) is 31.1 Å². The monoisotopic (exact) mass is 273 g/mol. The van der Waals surface area contributed by atoms with Crippen LogP contribution in [0.25, 0.3) is 0 Å². The molecule has 0 aliphatic carbocycles. The van der Waals surface area contributed by atoms with Crippen LogP contribution in [0.1, 0.15) is 26.2 Å². The summed E-state index contributed by atoms with van der Waals surface area (Å²) in [5.41, 5.74) is 6.76. The highest BCUT2D eigenvalue weighted by molar-refractivity contribution is 9.10. The molecule has 1 aromatic rings. The van der Waals surface area contributed by atoms with Gasteiger partial charge in [-0.3, -0.25) is 0 Å². The molecule has 0 atom stereocenters. The molecule has 0 heterocycles. The van der Waals surface area contributed by atoms with E-state index in [9.17, 15) is 0 Å². The zero-order valence-electron chi connectivity index (χ0n) is 8.42. The molecule has 2 N–H and O–H groups in total. The van der Waals surface area contributed by atoms with Gasteiger partial charge >= 0.3 is 0 Å². The third kappa shape index (κ3) is 3.93. The van der Waals surface area contributed by atoms with Gasteiger partial charge in [-0.15, -0.1) is 11.8 Å². The van der Waals surface area contributed by atoms with E-state index >= 15 is 0 Å². The molecule has 78 valence electrons. The van der Waals surface area contributed by atoms with Crippen molar-refractivity contribution in [3.05, 3.63) is 22.7 Å². The van der Waals surface area contributed by atoms with Crippen molar-refractivity contribution in [1.29, 1.82) is 0 Å². The van der Waals surface area contributed by atoms with Crippen LogP contribution in [-0.4, -0.2) is 5.75 Å². The molecule has 0 saturated carbocycles. The Balaban J connectivity index is 2.42. The van der Waals surface area contributed by atoms with Crippen LogP contribution in [0, 0.1) is 0 Å². The average molecular weight is 274 g/mol. The van der Waals surface area contributed by atoms with Crippen molar-refractivity contribution in [1.82, 2.24) is 0 Å². The van der Waals surface area contributed by atoms with E-state index in [1.54, 1.807) is 0 Å². The van der Waals surface area contributed by atoms with Crippen LogP contribution in [-0.2, 0) is 0 Å². The molecule has 14 heavy (non-hydrogen) atoms. The van der Waals surface area contributed by atoms with Gasteiger partial charge in [0.1, 0.15) is 0 Å². The minimum absolute atomic E-state index is 0.876. The second-order valence-electron chi connectivity index (χ2n) is 3.24. The first-order valence-corrected chi connectivity index (χ1v) is 6.69. The number of anilines is 1. The van der Waals surface area contributed by atoms with Crippen molar-refractivity contribution in [2.24, 2.45) is 0 Å². The first kappa shape index (κ1) is 11.9. The minimum Gasteiger partial charge on any atom is -0.398 e. The predicted octanol–water partition coefficient (Wildman–Crippen LogP) is 4.31. The molecular weight excluding hydrogens is 258 g/mol. The number of halogens is 1. The van der Waals surface area contributed by atoms with Crippen molar-refractivity contribution in [2.75, 3.05) is 11.5 Å². The highest BCUT2D eigenvalue weighted by Crippen LogP contribution is 2.28. The Morgan fingerprint density at radius 3 is 2.79 bits per heavy atom. The number of hydrogen-bond donors (Lipinski definition) is 1. The maximum absolute atomic E-state index is 5.89. The lowest BCUT2D eigenvalue weighted by Gasteiger charge is -2.05. The smallest absolute Gasteiger partial charge is 0.0463 e. The van der Waals surface area contributed by atoms with Crippen LogP contribution < -0.4 is 5.73 Å². The van der Waals surface area contributed by atoms with Gasteiger partial charge in [0.25, 0.3) is 0 Å². The fourth-order valence-electron chi connectivity index (χ4n) is 1.18. The molecule has 0 amide bonds. The summed E-state index contributed by atoms with van der Waals surface area (Å²) in [6.07, 6.45) is 3.86. The van der Waals surface area contributed by atoms with E-state index in [1.807, 2.05) is 23.9 Å². The zero-order valence-corrected chi connectivity index (χ0v) is 10.8. The summed E-state index contributed by atoms with van der Waals surface area (Å²) in [7, 11) is 0. The zero-order chi connectivity index (χ0) is 10.4. The second-order valence-corrected chi connectivity index (χ2v) is 5.29. The molecule has 1 nitrogen and oxygen atoms in total. The molecular formula is C11H16BrNS. The van der Waals surface area contributed by atoms with E-state index in [1.165, 1.54) is 29.9 Å². The summed E-state index contributed by atoms with van der Waals surface area (Å²) >= 11 is 5.25. The second kappa shape index (κ2) is 6.36. The van der Waals surface area contributed by atoms with Crippen molar-refractivity contribution >= 4 is 33.4 Å². The van der Waals surface area contributed by atoms with E-state index in [2.05, 4.69) is 28.9 Å². The van der Waals surface area contributed by atoms with Gasteiger partial charge in [0.05, 0.1) is 0 Å². The summed E-state index contributed by atoms with van der Waals surface area (Å²) < 4.78 is 1.05. The molecule has 0 aliphatic heterocycles. The van der Waals surface area contributed by atoms with Gasteiger partial charge in [-0.2, -0.15) is 0 Å².